The van der Waals surface area contributed by atoms with Gasteiger partial charge in [0.05, 0.1) is 10.9 Å². The van der Waals surface area contributed by atoms with Gasteiger partial charge in [0, 0.05) is 12.2 Å². The molecule has 0 aliphatic heterocycles. The van der Waals surface area contributed by atoms with Gasteiger partial charge in [-0.2, -0.15) is 0 Å². The Morgan fingerprint density at radius 2 is 2.33 bits per heavy atom. The van der Waals surface area contributed by atoms with Gasteiger partial charge in [-0.1, -0.05) is 18.5 Å². The molecule has 0 radical (unpaired) electrons. The molecule has 0 fully saturated rings. The molecule has 0 aromatic heterocycles. The molecule has 0 saturated heterocycles. The quantitative estimate of drug-likeness (QED) is 0.838. The van der Waals surface area contributed by atoms with Crippen molar-refractivity contribution in [3.63, 3.8) is 0 Å². The van der Waals surface area contributed by atoms with Crippen LogP contribution in [0.2, 0.25) is 5.02 Å². The first-order chi connectivity index (χ1) is 7.00. The topological polar surface area (TPSA) is 49.3 Å². The lowest BCUT2D eigenvalue weighted by Crippen LogP contribution is -2.19. The third kappa shape index (κ3) is 3.40. The van der Waals surface area contributed by atoms with Crippen molar-refractivity contribution in [2.24, 2.45) is 5.92 Å². The SMILES string of the molecule is CC(CNc1ccc(Cl)c(F)c1)C(=O)O. The molecule has 1 rings (SSSR count). The fourth-order valence-corrected chi connectivity index (χ4v) is 1.08. The van der Waals surface area contributed by atoms with Gasteiger partial charge in [-0.05, 0) is 18.2 Å². The lowest BCUT2D eigenvalue weighted by atomic mass is 10.2. The average molecular weight is 232 g/mol. The number of halogens is 2. The first-order valence-corrected chi connectivity index (χ1v) is 4.80. The molecule has 15 heavy (non-hydrogen) atoms. The number of carboxylic acid groups (broad SMARTS) is 1. The summed E-state index contributed by atoms with van der Waals surface area (Å²) in [5.74, 6) is -1.94. The number of rotatable bonds is 4. The largest absolute Gasteiger partial charge is 0.481 e. The molecule has 0 bridgehead atoms. The summed E-state index contributed by atoms with van der Waals surface area (Å²) >= 11 is 5.50. The van der Waals surface area contributed by atoms with Crippen molar-refractivity contribution >= 4 is 23.3 Å². The molecule has 0 spiro atoms. The molecule has 1 unspecified atom stereocenters. The molecule has 0 aliphatic carbocycles. The fourth-order valence-electron chi connectivity index (χ4n) is 0.964. The summed E-state index contributed by atoms with van der Waals surface area (Å²) in [5, 5.41) is 11.5. The van der Waals surface area contributed by atoms with Gasteiger partial charge in [0.1, 0.15) is 5.82 Å². The first kappa shape index (κ1) is 11.8. The van der Waals surface area contributed by atoms with Gasteiger partial charge in [-0.15, -0.1) is 0 Å². The van der Waals surface area contributed by atoms with Crippen molar-refractivity contribution in [3.05, 3.63) is 29.0 Å². The van der Waals surface area contributed by atoms with E-state index in [1.54, 1.807) is 13.0 Å². The summed E-state index contributed by atoms with van der Waals surface area (Å²) in [4.78, 5) is 10.5. The van der Waals surface area contributed by atoms with E-state index in [1.807, 2.05) is 0 Å². The van der Waals surface area contributed by atoms with E-state index >= 15 is 0 Å². The van der Waals surface area contributed by atoms with E-state index in [-0.39, 0.29) is 11.6 Å². The van der Waals surface area contributed by atoms with Crippen LogP contribution >= 0.6 is 11.6 Å². The molecule has 1 atom stereocenters. The second kappa shape index (κ2) is 4.98. The van der Waals surface area contributed by atoms with Crippen LogP contribution in [0.1, 0.15) is 6.92 Å². The Balaban J connectivity index is 2.58. The zero-order valence-corrected chi connectivity index (χ0v) is 8.88. The molecule has 5 heteroatoms. The van der Waals surface area contributed by atoms with Crippen molar-refractivity contribution < 1.29 is 14.3 Å². The summed E-state index contributed by atoms with van der Waals surface area (Å²) in [6.45, 7) is 1.82. The zero-order chi connectivity index (χ0) is 11.4. The van der Waals surface area contributed by atoms with Gasteiger partial charge in [0.2, 0.25) is 0 Å². The Morgan fingerprint density at radius 1 is 1.67 bits per heavy atom. The highest BCUT2D eigenvalue weighted by atomic mass is 35.5. The molecule has 3 nitrogen and oxygen atoms in total. The summed E-state index contributed by atoms with van der Waals surface area (Å²) in [6.07, 6.45) is 0. The molecular weight excluding hydrogens is 221 g/mol. The smallest absolute Gasteiger partial charge is 0.308 e. The van der Waals surface area contributed by atoms with Crippen LogP contribution in [-0.2, 0) is 4.79 Å². The van der Waals surface area contributed by atoms with Crippen LogP contribution in [0.5, 0.6) is 0 Å². The van der Waals surface area contributed by atoms with E-state index < -0.39 is 17.7 Å². The summed E-state index contributed by atoms with van der Waals surface area (Å²) in [5.41, 5.74) is 0.519. The molecule has 82 valence electrons. The van der Waals surface area contributed by atoms with Crippen molar-refractivity contribution in [1.29, 1.82) is 0 Å². The lowest BCUT2D eigenvalue weighted by Gasteiger charge is -2.09. The molecule has 0 amide bonds. The molecule has 1 aromatic carbocycles. The van der Waals surface area contributed by atoms with Crippen molar-refractivity contribution in [2.75, 3.05) is 11.9 Å². The van der Waals surface area contributed by atoms with Gasteiger partial charge in [0.15, 0.2) is 0 Å². The minimum absolute atomic E-state index is 0.0480. The van der Waals surface area contributed by atoms with E-state index in [2.05, 4.69) is 5.32 Å². The monoisotopic (exact) mass is 231 g/mol. The highest BCUT2D eigenvalue weighted by Gasteiger charge is 2.10. The predicted molar refractivity (Wildman–Crippen MR) is 56.7 cm³/mol. The van der Waals surface area contributed by atoms with Gasteiger partial charge in [0.25, 0.3) is 0 Å². The Labute approximate surface area is 91.9 Å². The average Bonchev–Trinajstić information content (AvgIpc) is 2.19. The third-order valence-electron chi connectivity index (χ3n) is 1.95. The van der Waals surface area contributed by atoms with Crippen molar-refractivity contribution in [2.45, 2.75) is 6.92 Å². The Kier molecular flexibility index (Phi) is 3.91. The maximum absolute atomic E-state index is 13.0. The summed E-state index contributed by atoms with van der Waals surface area (Å²) < 4.78 is 13.0. The maximum Gasteiger partial charge on any atom is 0.308 e. The molecule has 0 aliphatic rings. The van der Waals surface area contributed by atoms with Crippen LogP contribution in [0.3, 0.4) is 0 Å². The van der Waals surface area contributed by atoms with E-state index in [0.29, 0.717) is 5.69 Å². The van der Waals surface area contributed by atoms with Crippen LogP contribution in [0.4, 0.5) is 10.1 Å². The summed E-state index contributed by atoms with van der Waals surface area (Å²) in [6, 6.07) is 4.25. The predicted octanol–water partition coefficient (Wildman–Crippen LogP) is 2.61. The minimum atomic E-state index is -0.892. The highest BCUT2D eigenvalue weighted by molar-refractivity contribution is 6.30. The second-order valence-electron chi connectivity index (χ2n) is 3.25. The van der Waals surface area contributed by atoms with Crippen LogP contribution < -0.4 is 5.32 Å². The van der Waals surface area contributed by atoms with Gasteiger partial charge < -0.3 is 10.4 Å². The Bertz CT molecular complexity index is 370. The standard InChI is InChI=1S/C10H11ClFNO2/c1-6(10(14)15)5-13-7-2-3-8(11)9(12)4-7/h2-4,6,13H,5H2,1H3,(H,14,15). The van der Waals surface area contributed by atoms with E-state index in [9.17, 15) is 9.18 Å². The third-order valence-corrected chi connectivity index (χ3v) is 2.26. The molecule has 1 aromatic rings. The second-order valence-corrected chi connectivity index (χ2v) is 3.66. The van der Waals surface area contributed by atoms with Crippen LogP contribution in [0.25, 0.3) is 0 Å². The number of benzene rings is 1. The zero-order valence-electron chi connectivity index (χ0n) is 8.13. The molecular formula is C10H11ClFNO2. The Morgan fingerprint density at radius 3 is 2.87 bits per heavy atom. The van der Waals surface area contributed by atoms with Gasteiger partial charge >= 0.3 is 5.97 Å². The number of anilines is 1. The number of aliphatic carboxylic acids is 1. The summed E-state index contributed by atoms with van der Waals surface area (Å²) in [7, 11) is 0. The lowest BCUT2D eigenvalue weighted by molar-refractivity contribution is -0.140. The van der Waals surface area contributed by atoms with Crippen molar-refractivity contribution in [1.82, 2.24) is 0 Å². The van der Waals surface area contributed by atoms with Crippen LogP contribution in [-0.4, -0.2) is 17.6 Å². The van der Waals surface area contributed by atoms with E-state index in [0.717, 1.165) is 0 Å². The van der Waals surface area contributed by atoms with E-state index in [1.165, 1.54) is 12.1 Å². The molecule has 0 saturated carbocycles. The minimum Gasteiger partial charge on any atom is -0.481 e. The van der Waals surface area contributed by atoms with E-state index in [4.69, 9.17) is 16.7 Å². The number of hydrogen-bond donors (Lipinski definition) is 2. The highest BCUT2D eigenvalue weighted by Crippen LogP contribution is 2.18. The number of carboxylic acids is 1. The fraction of sp³-hybridized carbons (Fsp3) is 0.300. The number of carbonyl (C=O) groups is 1. The van der Waals surface area contributed by atoms with Gasteiger partial charge in [-0.25, -0.2) is 4.39 Å². The normalized spacial score (nSPS) is 12.2. The van der Waals surface area contributed by atoms with Crippen LogP contribution in [0.15, 0.2) is 18.2 Å². The van der Waals surface area contributed by atoms with Gasteiger partial charge in [-0.3, -0.25) is 4.79 Å². The first-order valence-electron chi connectivity index (χ1n) is 4.42. The van der Waals surface area contributed by atoms with Crippen molar-refractivity contribution in [3.8, 4) is 0 Å². The number of hydrogen-bond acceptors (Lipinski definition) is 2. The maximum atomic E-state index is 13.0. The Hall–Kier alpha value is -1.29. The number of nitrogens with one attached hydrogen (secondary N) is 1. The van der Waals surface area contributed by atoms with Crippen LogP contribution in [0, 0.1) is 11.7 Å². The molecule has 2 N–H and O–H groups in total. The molecule has 0 heterocycles.